The second-order valence-electron chi connectivity index (χ2n) is 5.66. The fourth-order valence-corrected chi connectivity index (χ4v) is 2.69. The van der Waals surface area contributed by atoms with Crippen LogP contribution in [0.2, 0.25) is 0 Å². The molecule has 0 unspecified atom stereocenters. The zero-order valence-corrected chi connectivity index (χ0v) is 15.6. The first-order chi connectivity index (χ1) is 13.1. The highest BCUT2D eigenvalue weighted by Gasteiger charge is 2.13. The van der Waals surface area contributed by atoms with Gasteiger partial charge in [-0.05, 0) is 36.4 Å². The van der Waals surface area contributed by atoms with Crippen LogP contribution in [0.5, 0.6) is 23.0 Å². The zero-order valence-electron chi connectivity index (χ0n) is 15.6. The minimum absolute atomic E-state index is 0.244. The molecule has 0 atom stereocenters. The molecule has 27 heavy (non-hydrogen) atoms. The maximum Gasteiger partial charge on any atom is 0.221 e. The predicted molar refractivity (Wildman–Crippen MR) is 102 cm³/mol. The first-order valence-electron chi connectivity index (χ1n) is 8.19. The molecule has 0 radical (unpaired) electrons. The van der Waals surface area contributed by atoms with E-state index in [0.717, 1.165) is 5.39 Å². The summed E-state index contributed by atoms with van der Waals surface area (Å²) in [6, 6.07) is 10.5. The van der Waals surface area contributed by atoms with Gasteiger partial charge in [0.05, 0.1) is 28.4 Å². The second kappa shape index (κ2) is 7.86. The molecule has 0 aliphatic heterocycles. The molecule has 0 saturated heterocycles. The van der Waals surface area contributed by atoms with E-state index in [0.29, 0.717) is 34.1 Å². The third kappa shape index (κ3) is 3.74. The van der Waals surface area contributed by atoms with E-state index in [1.165, 1.54) is 6.08 Å². The van der Waals surface area contributed by atoms with Crippen LogP contribution in [-0.4, -0.2) is 34.2 Å². The quantitative estimate of drug-likeness (QED) is 0.456. The van der Waals surface area contributed by atoms with Crippen molar-refractivity contribution in [2.24, 2.45) is 0 Å². The highest BCUT2D eigenvalue weighted by Crippen LogP contribution is 2.35. The van der Waals surface area contributed by atoms with Gasteiger partial charge < -0.3 is 23.4 Å². The largest absolute Gasteiger partial charge is 0.497 e. The number of benzene rings is 2. The van der Waals surface area contributed by atoms with Crippen molar-refractivity contribution in [1.29, 1.82) is 0 Å². The van der Waals surface area contributed by atoms with Gasteiger partial charge in [0.1, 0.15) is 17.1 Å². The Bertz CT molecular complexity index is 999. The third-order valence-electron chi connectivity index (χ3n) is 4.12. The monoisotopic (exact) mass is 368 g/mol. The van der Waals surface area contributed by atoms with Crippen molar-refractivity contribution in [2.75, 3.05) is 28.4 Å². The Kier molecular flexibility index (Phi) is 5.35. The van der Waals surface area contributed by atoms with Crippen LogP contribution >= 0.6 is 0 Å². The van der Waals surface area contributed by atoms with Crippen LogP contribution in [0, 0.1) is 0 Å². The van der Waals surface area contributed by atoms with E-state index in [1.807, 2.05) is 12.1 Å². The number of hydrogen-bond donors (Lipinski definition) is 0. The summed E-state index contributed by atoms with van der Waals surface area (Å²) < 4.78 is 26.7. The highest BCUT2D eigenvalue weighted by atomic mass is 16.5. The van der Waals surface area contributed by atoms with Crippen LogP contribution in [0.4, 0.5) is 0 Å². The van der Waals surface area contributed by atoms with Gasteiger partial charge >= 0.3 is 0 Å². The van der Waals surface area contributed by atoms with E-state index >= 15 is 0 Å². The van der Waals surface area contributed by atoms with Gasteiger partial charge in [0.25, 0.3) is 0 Å². The number of hydrogen-bond acceptors (Lipinski definition) is 6. The molecule has 0 amide bonds. The average Bonchev–Trinajstić information content (AvgIpc) is 3.14. The normalized spacial score (nSPS) is 11.0. The number of carbonyl (C=O) groups excluding carboxylic acids is 1. The van der Waals surface area contributed by atoms with E-state index in [9.17, 15) is 4.79 Å². The van der Waals surface area contributed by atoms with Gasteiger partial charge in [-0.2, -0.15) is 0 Å². The van der Waals surface area contributed by atoms with Crippen molar-refractivity contribution in [3.05, 3.63) is 53.8 Å². The molecule has 0 saturated carbocycles. The molecule has 140 valence electrons. The van der Waals surface area contributed by atoms with Crippen molar-refractivity contribution in [3.63, 3.8) is 0 Å². The summed E-state index contributed by atoms with van der Waals surface area (Å²) in [6.07, 6.45) is 3.08. The maximum absolute atomic E-state index is 12.5. The first-order valence-corrected chi connectivity index (χ1v) is 8.19. The number of carbonyl (C=O) groups is 1. The number of fused-ring (bicyclic) bond motifs is 1. The molecule has 0 bridgehead atoms. The summed E-state index contributed by atoms with van der Waals surface area (Å²) in [6.45, 7) is 0. The summed E-state index contributed by atoms with van der Waals surface area (Å²) in [5.41, 5.74) is 1.27. The smallest absolute Gasteiger partial charge is 0.221 e. The molecule has 6 heteroatoms. The lowest BCUT2D eigenvalue weighted by molar-refractivity contribution is 0.102. The number of furan rings is 1. The van der Waals surface area contributed by atoms with E-state index in [-0.39, 0.29) is 11.5 Å². The molecule has 2 aromatic carbocycles. The number of allylic oxidation sites excluding steroid dienone is 1. The molecule has 0 fully saturated rings. The number of methoxy groups -OCH3 is 4. The molecule has 3 rings (SSSR count). The van der Waals surface area contributed by atoms with Gasteiger partial charge in [-0.1, -0.05) is 0 Å². The summed E-state index contributed by atoms with van der Waals surface area (Å²) in [5, 5.41) is 0.830. The molecular formula is C21H20O6. The molecule has 6 nitrogen and oxygen atoms in total. The molecule has 0 aliphatic carbocycles. The zero-order chi connectivity index (χ0) is 19.4. The molecular weight excluding hydrogens is 348 g/mol. The summed E-state index contributed by atoms with van der Waals surface area (Å²) in [7, 11) is 6.22. The number of rotatable bonds is 7. The summed E-state index contributed by atoms with van der Waals surface area (Å²) >= 11 is 0. The lowest BCUT2D eigenvalue weighted by Crippen LogP contribution is -1.95. The summed E-state index contributed by atoms with van der Waals surface area (Å²) in [4.78, 5) is 12.5. The third-order valence-corrected chi connectivity index (χ3v) is 4.12. The molecule has 3 aromatic rings. The predicted octanol–water partition coefficient (Wildman–Crippen LogP) is 4.36. The maximum atomic E-state index is 12.5. The van der Waals surface area contributed by atoms with Crippen molar-refractivity contribution in [1.82, 2.24) is 0 Å². The summed E-state index contributed by atoms with van der Waals surface area (Å²) in [5.74, 6) is 2.30. The molecule has 1 heterocycles. The Morgan fingerprint density at radius 1 is 0.852 bits per heavy atom. The van der Waals surface area contributed by atoms with Crippen molar-refractivity contribution in [3.8, 4) is 23.0 Å². The highest BCUT2D eigenvalue weighted by molar-refractivity contribution is 6.07. The van der Waals surface area contributed by atoms with E-state index in [1.54, 1.807) is 58.8 Å². The van der Waals surface area contributed by atoms with Gasteiger partial charge in [-0.15, -0.1) is 0 Å². The lowest BCUT2D eigenvalue weighted by Gasteiger charge is -2.11. The Labute approximate surface area is 156 Å². The number of ether oxygens (including phenoxy) is 4. The van der Waals surface area contributed by atoms with Gasteiger partial charge in [-0.25, -0.2) is 0 Å². The SMILES string of the molecule is COc1ccc2cc(C(=O)C=Cc3cc(OC)c(OC)cc3OC)oc2c1. The molecule has 0 N–H and O–H groups in total. The van der Waals surface area contributed by atoms with Crippen molar-refractivity contribution >= 4 is 22.8 Å². The Morgan fingerprint density at radius 2 is 1.56 bits per heavy atom. The van der Waals surface area contributed by atoms with Crippen LogP contribution in [0.25, 0.3) is 17.0 Å². The van der Waals surface area contributed by atoms with Gasteiger partial charge in [0.2, 0.25) is 5.78 Å². The van der Waals surface area contributed by atoms with Gasteiger partial charge in [0, 0.05) is 23.1 Å². The number of ketones is 1. The Morgan fingerprint density at radius 3 is 2.22 bits per heavy atom. The van der Waals surface area contributed by atoms with E-state index in [4.69, 9.17) is 23.4 Å². The van der Waals surface area contributed by atoms with Crippen molar-refractivity contribution in [2.45, 2.75) is 0 Å². The molecule has 0 spiro atoms. The van der Waals surface area contributed by atoms with Crippen LogP contribution in [0.15, 0.2) is 46.9 Å². The fourth-order valence-electron chi connectivity index (χ4n) is 2.69. The molecule has 0 aliphatic rings. The van der Waals surface area contributed by atoms with E-state index in [2.05, 4.69) is 0 Å². The Hall–Kier alpha value is -3.41. The van der Waals surface area contributed by atoms with E-state index < -0.39 is 0 Å². The average molecular weight is 368 g/mol. The van der Waals surface area contributed by atoms with Crippen LogP contribution < -0.4 is 18.9 Å². The van der Waals surface area contributed by atoms with Crippen molar-refractivity contribution < 1.29 is 28.2 Å². The van der Waals surface area contributed by atoms with Crippen LogP contribution in [0.1, 0.15) is 16.1 Å². The minimum Gasteiger partial charge on any atom is -0.497 e. The van der Waals surface area contributed by atoms with Gasteiger partial charge in [0.15, 0.2) is 17.3 Å². The topological polar surface area (TPSA) is 67.1 Å². The first kappa shape index (κ1) is 18.4. The lowest BCUT2D eigenvalue weighted by atomic mass is 10.1. The van der Waals surface area contributed by atoms with Gasteiger partial charge in [-0.3, -0.25) is 4.79 Å². The second-order valence-corrected chi connectivity index (χ2v) is 5.66. The standard InChI is InChI=1S/C21H20O6/c1-23-15-7-5-14-9-19(27-18(14)11-15)16(22)8-6-13-10-20(25-3)21(26-4)12-17(13)24-2/h5-12H,1-4H3. The minimum atomic E-state index is -0.262. The molecule has 1 aromatic heterocycles. The van der Waals surface area contributed by atoms with Crippen LogP contribution in [0.3, 0.4) is 0 Å². The fraction of sp³-hybridized carbons (Fsp3) is 0.190. The van der Waals surface area contributed by atoms with Crippen LogP contribution in [-0.2, 0) is 0 Å². The Balaban J connectivity index is 1.90.